The van der Waals surface area contributed by atoms with Crippen molar-refractivity contribution in [3.8, 4) is 17.6 Å². The average molecular weight is 543 g/mol. The Balaban J connectivity index is 1.38. The molecule has 0 saturated carbocycles. The second-order valence-electron chi connectivity index (χ2n) is 9.07. The molecular weight excluding hydrogens is 516 g/mol. The summed E-state index contributed by atoms with van der Waals surface area (Å²) in [5.74, 6) is 1.01. The smallest absolute Gasteiger partial charge is 0.254 e. The molecule has 2 aliphatic heterocycles. The lowest BCUT2D eigenvalue weighted by Gasteiger charge is -2.28. The minimum absolute atomic E-state index is 0.0316. The summed E-state index contributed by atoms with van der Waals surface area (Å²) in [5.41, 5.74) is 3.41. The predicted molar refractivity (Wildman–Crippen MR) is 148 cm³/mol. The molecule has 2 aliphatic rings. The van der Waals surface area contributed by atoms with Crippen molar-refractivity contribution in [2.24, 2.45) is 0 Å². The van der Waals surface area contributed by atoms with Crippen LogP contribution in [0.4, 0.5) is 11.4 Å². The van der Waals surface area contributed by atoms with E-state index in [-0.39, 0.29) is 24.4 Å². The molecule has 39 heavy (non-hydrogen) atoms. The lowest BCUT2D eigenvalue weighted by atomic mass is 9.85. The summed E-state index contributed by atoms with van der Waals surface area (Å²) in [6.07, 6.45) is 0. The van der Waals surface area contributed by atoms with Gasteiger partial charge in [0.25, 0.3) is 5.91 Å². The zero-order valence-electron chi connectivity index (χ0n) is 21.6. The summed E-state index contributed by atoms with van der Waals surface area (Å²) >= 11 is 1.18. The van der Waals surface area contributed by atoms with Crippen molar-refractivity contribution in [2.75, 3.05) is 23.2 Å². The number of nitrogens with zero attached hydrogens (tertiary/aromatic N) is 1. The van der Waals surface area contributed by atoms with Gasteiger partial charge in [-0.2, -0.15) is 5.26 Å². The highest BCUT2D eigenvalue weighted by atomic mass is 32.2. The average Bonchev–Trinajstić information content (AvgIpc) is 3.56. The number of allylic oxidation sites excluding steroid dienone is 2. The number of anilines is 2. The van der Waals surface area contributed by atoms with Crippen LogP contribution in [-0.4, -0.2) is 24.4 Å². The molecule has 0 bridgehead atoms. The molecule has 10 heteroatoms. The van der Waals surface area contributed by atoms with Gasteiger partial charge in [-0.25, -0.2) is 0 Å². The molecule has 1 atom stereocenters. The van der Waals surface area contributed by atoms with Crippen LogP contribution < -0.4 is 25.4 Å². The number of para-hydroxylation sites is 1. The van der Waals surface area contributed by atoms with Crippen LogP contribution in [0, 0.1) is 25.2 Å². The van der Waals surface area contributed by atoms with Crippen LogP contribution >= 0.6 is 11.8 Å². The molecule has 3 N–H and O–H groups in total. The highest BCUT2D eigenvalue weighted by Gasteiger charge is 2.37. The van der Waals surface area contributed by atoms with Crippen molar-refractivity contribution in [2.45, 2.75) is 26.7 Å². The Morgan fingerprint density at radius 3 is 2.59 bits per heavy atom. The van der Waals surface area contributed by atoms with Crippen molar-refractivity contribution in [3.05, 3.63) is 93.6 Å². The topological polar surface area (TPSA) is 126 Å². The first kappa shape index (κ1) is 26.0. The van der Waals surface area contributed by atoms with Crippen molar-refractivity contribution >= 4 is 35.0 Å². The first-order chi connectivity index (χ1) is 18.8. The fraction of sp³-hybridized carbons (Fsp3) is 0.207. The number of amides is 2. The third-order valence-corrected chi connectivity index (χ3v) is 7.35. The number of carbonyl (C=O) groups is 2. The molecule has 198 valence electrons. The summed E-state index contributed by atoms with van der Waals surface area (Å²) in [6.45, 7) is 5.64. The Morgan fingerprint density at radius 1 is 1.05 bits per heavy atom. The van der Waals surface area contributed by atoms with Gasteiger partial charge in [0.2, 0.25) is 12.7 Å². The Morgan fingerprint density at radius 2 is 1.85 bits per heavy atom. The zero-order chi connectivity index (χ0) is 27.5. The number of aryl methyl sites for hydroxylation is 2. The Bertz CT molecular complexity index is 1570. The van der Waals surface area contributed by atoms with Gasteiger partial charge >= 0.3 is 0 Å². The number of nitrogens with one attached hydrogen (secondary N) is 3. The van der Waals surface area contributed by atoms with Crippen molar-refractivity contribution < 1.29 is 23.5 Å². The summed E-state index contributed by atoms with van der Waals surface area (Å²) in [5, 5.41) is 19.7. The third kappa shape index (κ3) is 5.49. The maximum absolute atomic E-state index is 13.6. The van der Waals surface area contributed by atoms with Gasteiger partial charge in [-0.1, -0.05) is 30.0 Å². The van der Waals surface area contributed by atoms with Crippen LogP contribution in [0.25, 0.3) is 0 Å². The van der Waals surface area contributed by atoms with Crippen LogP contribution in [-0.2, 0) is 9.59 Å². The summed E-state index contributed by atoms with van der Waals surface area (Å²) in [4.78, 5) is 26.3. The van der Waals surface area contributed by atoms with Gasteiger partial charge in [0, 0.05) is 23.1 Å². The number of benzene rings is 2. The predicted octanol–water partition coefficient (Wildman–Crippen LogP) is 5.33. The summed E-state index contributed by atoms with van der Waals surface area (Å²) in [6, 6.07) is 18.5. The van der Waals surface area contributed by atoms with E-state index in [1.165, 1.54) is 11.8 Å². The molecule has 2 amide bonds. The highest BCUT2D eigenvalue weighted by molar-refractivity contribution is 8.03. The number of hydrogen-bond acceptors (Lipinski definition) is 8. The van der Waals surface area contributed by atoms with Crippen LogP contribution in [0.15, 0.2) is 80.9 Å². The number of carbonyl (C=O) groups excluding carboxylic acids is 2. The monoisotopic (exact) mass is 542 g/mol. The van der Waals surface area contributed by atoms with E-state index in [1.807, 2.05) is 31.2 Å². The number of fused-ring (bicyclic) bond motifs is 1. The van der Waals surface area contributed by atoms with E-state index in [9.17, 15) is 14.9 Å². The van der Waals surface area contributed by atoms with Gasteiger partial charge in [0.1, 0.15) is 11.5 Å². The minimum atomic E-state index is -0.742. The van der Waals surface area contributed by atoms with Gasteiger partial charge < -0.3 is 29.8 Å². The maximum Gasteiger partial charge on any atom is 0.254 e. The third-order valence-electron chi connectivity index (χ3n) is 6.33. The van der Waals surface area contributed by atoms with Gasteiger partial charge in [-0.05, 0) is 56.7 Å². The second kappa shape index (κ2) is 11.0. The Labute approximate surface area is 229 Å². The van der Waals surface area contributed by atoms with E-state index in [2.05, 4.69) is 22.0 Å². The molecule has 3 heterocycles. The summed E-state index contributed by atoms with van der Waals surface area (Å²) < 4.78 is 16.6. The SMILES string of the molecule is CC1=C(C(=O)Nc2ccccc2C)[C@@H](c2ccc(C)o2)C(C#N)=C(SCC(=O)Nc2ccc3c(c2)OCO3)N1. The van der Waals surface area contributed by atoms with Crippen LogP contribution in [0.5, 0.6) is 11.5 Å². The van der Waals surface area contributed by atoms with E-state index < -0.39 is 5.92 Å². The standard InChI is InChI=1S/C29H26N4O5S/c1-16-6-4-5-7-21(16)33-28(35)26-18(3)31-29(20(13-30)27(26)23-10-8-17(2)38-23)39-14-25(34)32-19-9-11-22-24(12-19)37-15-36-22/h4-12,27,31H,14-15H2,1-3H3,(H,32,34)(H,33,35)/t27-/m1/s1. The normalized spacial score (nSPS) is 16.0. The number of furan rings is 1. The molecule has 0 fully saturated rings. The van der Waals surface area contributed by atoms with E-state index in [4.69, 9.17) is 13.9 Å². The van der Waals surface area contributed by atoms with Crippen LogP contribution in [0.2, 0.25) is 0 Å². The number of nitriles is 1. The van der Waals surface area contributed by atoms with Gasteiger partial charge in [-0.15, -0.1) is 0 Å². The van der Waals surface area contributed by atoms with Gasteiger partial charge in [0.15, 0.2) is 11.5 Å². The maximum atomic E-state index is 13.6. The Kier molecular flexibility index (Phi) is 7.34. The molecule has 5 rings (SSSR count). The Hall–Kier alpha value is -4.62. The lowest BCUT2D eigenvalue weighted by Crippen LogP contribution is -2.31. The van der Waals surface area contributed by atoms with Crippen molar-refractivity contribution in [3.63, 3.8) is 0 Å². The molecule has 0 radical (unpaired) electrons. The number of rotatable bonds is 7. The van der Waals surface area contributed by atoms with Gasteiger partial charge in [0.05, 0.1) is 33.9 Å². The molecule has 1 aromatic heterocycles. The van der Waals surface area contributed by atoms with E-state index in [0.717, 1.165) is 5.56 Å². The number of thioether (sulfide) groups is 1. The fourth-order valence-corrected chi connectivity index (χ4v) is 5.32. The summed E-state index contributed by atoms with van der Waals surface area (Å²) in [7, 11) is 0. The minimum Gasteiger partial charge on any atom is -0.465 e. The lowest BCUT2D eigenvalue weighted by molar-refractivity contribution is -0.114. The van der Waals surface area contributed by atoms with Crippen LogP contribution in [0.3, 0.4) is 0 Å². The first-order valence-electron chi connectivity index (χ1n) is 12.2. The molecule has 0 saturated heterocycles. The number of ether oxygens (including phenoxy) is 2. The quantitative estimate of drug-likeness (QED) is 0.366. The number of dihydropyridines is 1. The van der Waals surface area contributed by atoms with E-state index in [0.29, 0.717) is 56.3 Å². The van der Waals surface area contributed by atoms with Crippen molar-refractivity contribution in [1.29, 1.82) is 5.26 Å². The van der Waals surface area contributed by atoms with E-state index >= 15 is 0 Å². The van der Waals surface area contributed by atoms with Crippen molar-refractivity contribution in [1.82, 2.24) is 5.32 Å². The second-order valence-corrected chi connectivity index (χ2v) is 10.1. The molecule has 9 nitrogen and oxygen atoms in total. The zero-order valence-corrected chi connectivity index (χ0v) is 22.4. The first-order valence-corrected chi connectivity index (χ1v) is 13.2. The number of hydrogen-bond donors (Lipinski definition) is 3. The van der Waals surface area contributed by atoms with Crippen LogP contribution in [0.1, 0.15) is 29.9 Å². The molecule has 0 unspecified atom stereocenters. The molecule has 0 aliphatic carbocycles. The van der Waals surface area contributed by atoms with Gasteiger partial charge in [-0.3, -0.25) is 9.59 Å². The molecular formula is C29H26N4O5S. The molecule has 0 spiro atoms. The van der Waals surface area contributed by atoms with E-state index in [1.54, 1.807) is 44.2 Å². The largest absolute Gasteiger partial charge is 0.465 e. The molecule has 2 aromatic carbocycles. The highest BCUT2D eigenvalue weighted by Crippen LogP contribution is 2.42. The molecule has 3 aromatic rings. The fourth-order valence-electron chi connectivity index (χ4n) is 4.43.